The number of nitrogens with one attached hydrogen (secondary N) is 3. The lowest BCUT2D eigenvalue weighted by Gasteiger charge is -2.30. The van der Waals surface area contributed by atoms with Crippen LogP contribution < -0.4 is 10.6 Å². The first-order chi connectivity index (χ1) is 10.5. The van der Waals surface area contributed by atoms with E-state index in [4.69, 9.17) is 0 Å². The molecule has 2 heterocycles. The summed E-state index contributed by atoms with van der Waals surface area (Å²) in [5.74, 6) is 0.176. The van der Waals surface area contributed by atoms with Gasteiger partial charge in [0.1, 0.15) is 12.1 Å². The molecule has 0 aliphatic carbocycles. The van der Waals surface area contributed by atoms with Gasteiger partial charge in [0.15, 0.2) is 0 Å². The molecule has 0 spiro atoms. The van der Waals surface area contributed by atoms with Gasteiger partial charge in [-0.1, -0.05) is 32.0 Å². The highest BCUT2D eigenvalue weighted by Crippen LogP contribution is 2.20. The van der Waals surface area contributed by atoms with Gasteiger partial charge in [0.2, 0.25) is 11.8 Å². The van der Waals surface area contributed by atoms with Crippen molar-refractivity contribution in [3.8, 4) is 0 Å². The van der Waals surface area contributed by atoms with Gasteiger partial charge >= 0.3 is 0 Å². The van der Waals surface area contributed by atoms with Crippen LogP contribution in [0.5, 0.6) is 0 Å². The number of fused-ring (bicyclic) bond motifs is 1. The molecule has 5 nitrogen and oxygen atoms in total. The molecule has 1 saturated heterocycles. The Hall–Kier alpha value is -2.30. The van der Waals surface area contributed by atoms with Gasteiger partial charge in [0.25, 0.3) is 0 Å². The van der Waals surface area contributed by atoms with Gasteiger partial charge in [-0.05, 0) is 24.0 Å². The van der Waals surface area contributed by atoms with E-state index in [-0.39, 0.29) is 11.8 Å². The molecule has 1 fully saturated rings. The van der Waals surface area contributed by atoms with Crippen LogP contribution in [0.2, 0.25) is 0 Å². The number of hydrogen-bond acceptors (Lipinski definition) is 2. The number of rotatable bonds is 4. The monoisotopic (exact) mass is 299 g/mol. The molecule has 1 aromatic heterocycles. The molecule has 5 heteroatoms. The van der Waals surface area contributed by atoms with Crippen LogP contribution in [0.4, 0.5) is 0 Å². The van der Waals surface area contributed by atoms with Crippen molar-refractivity contribution in [2.75, 3.05) is 0 Å². The fourth-order valence-electron chi connectivity index (χ4n) is 2.98. The number of carbonyl (C=O) groups excluding carboxylic acids is 2. The van der Waals surface area contributed by atoms with E-state index in [0.717, 1.165) is 16.5 Å². The van der Waals surface area contributed by atoms with Crippen LogP contribution in [0.1, 0.15) is 25.8 Å². The Kier molecular flexibility index (Phi) is 3.88. The van der Waals surface area contributed by atoms with E-state index in [9.17, 15) is 9.59 Å². The summed E-state index contributed by atoms with van der Waals surface area (Å²) in [6, 6.07) is 7.04. The zero-order valence-corrected chi connectivity index (χ0v) is 12.8. The molecule has 2 atom stereocenters. The highest BCUT2D eigenvalue weighted by Gasteiger charge is 2.34. The van der Waals surface area contributed by atoms with E-state index in [2.05, 4.69) is 15.6 Å². The average molecular weight is 299 g/mol. The lowest BCUT2D eigenvalue weighted by Crippen LogP contribution is -2.62. The lowest BCUT2D eigenvalue weighted by atomic mass is 9.97. The highest BCUT2D eigenvalue weighted by atomic mass is 16.2. The van der Waals surface area contributed by atoms with E-state index in [1.165, 1.54) is 0 Å². The zero-order valence-electron chi connectivity index (χ0n) is 12.8. The summed E-state index contributed by atoms with van der Waals surface area (Å²) < 4.78 is 0. The number of carbonyl (C=O) groups is 2. The fourth-order valence-corrected chi connectivity index (χ4v) is 2.98. The summed E-state index contributed by atoms with van der Waals surface area (Å²) in [5.41, 5.74) is 2.08. The number of aromatic amines is 1. The third-order valence-electron chi connectivity index (χ3n) is 4.07. The van der Waals surface area contributed by atoms with Gasteiger partial charge in [-0.25, -0.2) is 0 Å². The van der Waals surface area contributed by atoms with Crippen molar-refractivity contribution in [3.63, 3.8) is 0 Å². The molecule has 1 aliphatic heterocycles. The van der Waals surface area contributed by atoms with Gasteiger partial charge < -0.3 is 15.6 Å². The third-order valence-corrected chi connectivity index (χ3v) is 4.07. The first kappa shape index (κ1) is 14.6. The van der Waals surface area contributed by atoms with Gasteiger partial charge in [0, 0.05) is 23.5 Å². The SMILES string of the molecule is CC(C)C[C@H]1NC(=O)[C@H](Cc2c[nH]c3ccccc23)NC1=O. The third kappa shape index (κ3) is 2.84. The number of amides is 2. The molecule has 1 aliphatic rings. The number of aromatic nitrogens is 1. The maximum atomic E-state index is 12.3. The Labute approximate surface area is 129 Å². The molecule has 0 saturated carbocycles. The second-order valence-electron chi connectivity index (χ2n) is 6.32. The Morgan fingerprint density at radius 1 is 1.05 bits per heavy atom. The molecule has 2 aromatic rings. The van der Waals surface area contributed by atoms with Crippen molar-refractivity contribution in [1.29, 1.82) is 0 Å². The first-order valence-electron chi connectivity index (χ1n) is 7.70. The molecular weight excluding hydrogens is 278 g/mol. The van der Waals surface area contributed by atoms with Gasteiger partial charge in [-0.3, -0.25) is 9.59 Å². The van der Waals surface area contributed by atoms with Crippen molar-refractivity contribution >= 4 is 22.7 Å². The Bertz CT molecular complexity index is 705. The maximum absolute atomic E-state index is 12.3. The van der Waals surface area contributed by atoms with Crippen molar-refractivity contribution in [2.24, 2.45) is 5.92 Å². The minimum Gasteiger partial charge on any atom is -0.361 e. The smallest absolute Gasteiger partial charge is 0.243 e. The average Bonchev–Trinajstić information content (AvgIpc) is 2.87. The van der Waals surface area contributed by atoms with E-state index < -0.39 is 12.1 Å². The number of piperazine rings is 1. The predicted octanol–water partition coefficient (Wildman–Crippen LogP) is 1.74. The molecule has 22 heavy (non-hydrogen) atoms. The highest BCUT2D eigenvalue weighted by molar-refractivity contribution is 5.97. The van der Waals surface area contributed by atoms with Crippen LogP contribution in [0, 0.1) is 5.92 Å². The summed E-state index contributed by atoms with van der Waals surface area (Å²) in [7, 11) is 0. The topological polar surface area (TPSA) is 74.0 Å². The molecular formula is C17H21N3O2. The van der Waals surface area contributed by atoms with Gasteiger partial charge in [-0.2, -0.15) is 0 Å². The van der Waals surface area contributed by atoms with E-state index >= 15 is 0 Å². The quantitative estimate of drug-likeness (QED) is 0.804. The van der Waals surface area contributed by atoms with E-state index in [1.807, 2.05) is 44.3 Å². The van der Waals surface area contributed by atoms with Gasteiger partial charge in [0.05, 0.1) is 0 Å². The molecule has 0 unspecified atom stereocenters. The predicted molar refractivity (Wildman–Crippen MR) is 85.3 cm³/mol. The lowest BCUT2D eigenvalue weighted by molar-refractivity contribution is -0.137. The summed E-state index contributed by atoms with van der Waals surface area (Å²) in [5, 5.41) is 6.80. The molecule has 1 aromatic carbocycles. The number of para-hydroxylation sites is 1. The first-order valence-corrected chi connectivity index (χ1v) is 7.70. The molecule has 0 bridgehead atoms. The molecule has 0 radical (unpaired) electrons. The largest absolute Gasteiger partial charge is 0.361 e. The minimum absolute atomic E-state index is 0.0851. The number of hydrogen-bond donors (Lipinski definition) is 3. The standard InChI is InChI=1S/C17H21N3O2/c1-10(2)7-14-16(21)20-15(17(22)19-14)8-11-9-18-13-6-4-3-5-12(11)13/h3-6,9-10,14-15,18H,7-8H2,1-2H3,(H,19,22)(H,20,21)/t14-,15+/m1/s1. The summed E-state index contributed by atoms with van der Waals surface area (Å²) in [6.45, 7) is 4.08. The summed E-state index contributed by atoms with van der Waals surface area (Å²) >= 11 is 0. The van der Waals surface area contributed by atoms with Crippen LogP contribution in [0.25, 0.3) is 10.9 Å². The van der Waals surface area contributed by atoms with Crippen molar-refractivity contribution in [3.05, 3.63) is 36.0 Å². The Morgan fingerprint density at radius 2 is 1.73 bits per heavy atom. The zero-order chi connectivity index (χ0) is 15.7. The fraction of sp³-hybridized carbons (Fsp3) is 0.412. The van der Waals surface area contributed by atoms with Crippen LogP contribution >= 0.6 is 0 Å². The molecule has 2 amide bonds. The van der Waals surface area contributed by atoms with Crippen LogP contribution in [0.3, 0.4) is 0 Å². The number of benzene rings is 1. The summed E-state index contributed by atoms with van der Waals surface area (Å²) in [6.07, 6.45) is 3.07. The van der Waals surface area contributed by atoms with E-state index in [0.29, 0.717) is 18.8 Å². The Balaban J connectivity index is 1.74. The molecule has 3 N–H and O–H groups in total. The second kappa shape index (κ2) is 5.83. The van der Waals surface area contributed by atoms with Gasteiger partial charge in [-0.15, -0.1) is 0 Å². The van der Waals surface area contributed by atoms with Crippen LogP contribution in [-0.4, -0.2) is 28.9 Å². The van der Waals surface area contributed by atoms with Crippen LogP contribution in [-0.2, 0) is 16.0 Å². The normalized spacial score (nSPS) is 22.0. The van der Waals surface area contributed by atoms with Crippen LogP contribution in [0.15, 0.2) is 30.5 Å². The van der Waals surface area contributed by atoms with E-state index in [1.54, 1.807) is 0 Å². The van der Waals surface area contributed by atoms with Crippen molar-refractivity contribution in [2.45, 2.75) is 38.8 Å². The molecule has 116 valence electrons. The maximum Gasteiger partial charge on any atom is 0.243 e. The minimum atomic E-state index is -0.505. The van der Waals surface area contributed by atoms with Crippen molar-refractivity contribution in [1.82, 2.24) is 15.6 Å². The number of H-pyrrole nitrogens is 1. The Morgan fingerprint density at radius 3 is 2.50 bits per heavy atom. The van der Waals surface area contributed by atoms with Crippen molar-refractivity contribution < 1.29 is 9.59 Å². The second-order valence-corrected chi connectivity index (χ2v) is 6.32. The molecule has 3 rings (SSSR count). The summed E-state index contributed by atoms with van der Waals surface area (Å²) in [4.78, 5) is 27.6.